The number of hydrogen-bond donors (Lipinski definition) is 1. The van der Waals surface area contributed by atoms with E-state index in [4.69, 9.17) is 0 Å². The van der Waals surface area contributed by atoms with Crippen LogP contribution in [0.1, 0.15) is 92.4 Å². The zero-order chi connectivity index (χ0) is 20.1. The smallest absolute Gasteiger partial charge is 0.0543 e. The van der Waals surface area contributed by atoms with Crippen LogP contribution in [0.5, 0.6) is 0 Å². The molecule has 4 aliphatic carbocycles. The number of allylic oxidation sites excluding steroid dienone is 4. The first-order chi connectivity index (χ1) is 13.3. The number of aliphatic hydroxyl groups is 1. The van der Waals surface area contributed by atoms with Gasteiger partial charge < -0.3 is 5.11 Å². The molecule has 3 saturated carbocycles. The van der Waals surface area contributed by atoms with Gasteiger partial charge in [0.25, 0.3) is 0 Å². The van der Waals surface area contributed by atoms with Crippen LogP contribution in [0.3, 0.4) is 0 Å². The van der Waals surface area contributed by atoms with Gasteiger partial charge in [-0.1, -0.05) is 58.4 Å². The fraction of sp³-hybridized carbons (Fsp3) is 0.852. The van der Waals surface area contributed by atoms with Crippen LogP contribution in [0, 0.1) is 46.3 Å². The van der Waals surface area contributed by atoms with Crippen LogP contribution in [0.2, 0.25) is 0 Å². The van der Waals surface area contributed by atoms with Crippen molar-refractivity contribution >= 4 is 0 Å². The quantitative estimate of drug-likeness (QED) is 0.510. The minimum absolute atomic E-state index is 0.0452. The van der Waals surface area contributed by atoms with Crippen LogP contribution in [-0.2, 0) is 0 Å². The Balaban J connectivity index is 1.54. The van der Waals surface area contributed by atoms with E-state index in [0.717, 1.165) is 36.5 Å². The number of rotatable bonds is 4. The Morgan fingerprint density at radius 3 is 2.50 bits per heavy atom. The Morgan fingerprint density at radius 1 is 1.04 bits per heavy atom. The van der Waals surface area contributed by atoms with Crippen LogP contribution in [0.25, 0.3) is 0 Å². The van der Waals surface area contributed by atoms with Crippen molar-refractivity contribution < 1.29 is 5.11 Å². The highest BCUT2D eigenvalue weighted by Crippen LogP contribution is 2.66. The van der Waals surface area contributed by atoms with E-state index < -0.39 is 0 Å². The van der Waals surface area contributed by atoms with Crippen molar-refractivity contribution in [3.8, 4) is 0 Å². The van der Waals surface area contributed by atoms with Crippen molar-refractivity contribution in [1.29, 1.82) is 0 Å². The predicted molar refractivity (Wildman–Crippen MR) is 119 cm³/mol. The molecule has 3 fully saturated rings. The van der Waals surface area contributed by atoms with Gasteiger partial charge in [-0.05, 0) is 104 Å². The van der Waals surface area contributed by atoms with Crippen molar-refractivity contribution in [3.05, 3.63) is 23.8 Å². The standard InChI is InChI=1S/C27H44O/c1-18(2)7-6-8-19(3)23-11-12-24-22-10-9-20-17-21(28)13-15-26(20,4)25(22)14-16-27(23,24)5/h6,8,10,18-21,23-25,28H,7,9,11-17H2,1-5H3/b8-6+/t19-,20-,21+,23-,24-,25+,26+,27-/m0/s1. The monoisotopic (exact) mass is 384 g/mol. The Labute approximate surface area is 174 Å². The molecule has 4 rings (SSSR count). The molecule has 1 nitrogen and oxygen atoms in total. The molecule has 1 N–H and O–H groups in total. The molecule has 0 aliphatic heterocycles. The predicted octanol–water partition coefficient (Wildman–Crippen LogP) is 7.16. The minimum Gasteiger partial charge on any atom is -0.393 e. The van der Waals surface area contributed by atoms with E-state index in [9.17, 15) is 5.11 Å². The molecule has 0 unspecified atom stereocenters. The van der Waals surface area contributed by atoms with E-state index in [2.05, 4.69) is 52.8 Å². The fourth-order valence-electron chi connectivity index (χ4n) is 8.09. The molecule has 0 amide bonds. The second-order valence-electron chi connectivity index (χ2n) is 11.8. The van der Waals surface area contributed by atoms with Crippen molar-refractivity contribution in [1.82, 2.24) is 0 Å². The summed E-state index contributed by atoms with van der Waals surface area (Å²) in [5.74, 6) is 4.65. The molecule has 0 saturated heterocycles. The number of aliphatic hydroxyl groups excluding tert-OH is 1. The summed E-state index contributed by atoms with van der Waals surface area (Å²) in [5, 5.41) is 10.2. The zero-order valence-electron chi connectivity index (χ0n) is 19.1. The van der Waals surface area contributed by atoms with Crippen molar-refractivity contribution in [3.63, 3.8) is 0 Å². The van der Waals surface area contributed by atoms with Crippen molar-refractivity contribution in [2.24, 2.45) is 46.3 Å². The van der Waals surface area contributed by atoms with Gasteiger partial charge in [0.15, 0.2) is 0 Å². The minimum atomic E-state index is -0.0452. The van der Waals surface area contributed by atoms with E-state index >= 15 is 0 Å². The Kier molecular flexibility index (Phi) is 5.62. The van der Waals surface area contributed by atoms with Crippen molar-refractivity contribution in [2.45, 2.75) is 98.5 Å². The second kappa shape index (κ2) is 7.60. The van der Waals surface area contributed by atoms with Gasteiger partial charge in [-0.3, -0.25) is 0 Å². The first-order valence-corrected chi connectivity index (χ1v) is 12.3. The third-order valence-corrected chi connectivity index (χ3v) is 9.81. The van der Waals surface area contributed by atoms with E-state index in [-0.39, 0.29) is 6.10 Å². The summed E-state index contributed by atoms with van der Waals surface area (Å²) in [5.41, 5.74) is 2.80. The molecule has 1 heteroatoms. The van der Waals surface area contributed by atoms with E-state index in [0.29, 0.717) is 22.7 Å². The van der Waals surface area contributed by atoms with Gasteiger partial charge in [0.1, 0.15) is 0 Å². The summed E-state index contributed by atoms with van der Waals surface area (Å²) < 4.78 is 0. The molecule has 0 aromatic heterocycles. The summed E-state index contributed by atoms with van der Waals surface area (Å²) in [7, 11) is 0. The van der Waals surface area contributed by atoms with Crippen LogP contribution in [0.15, 0.2) is 23.8 Å². The van der Waals surface area contributed by atoms with Gasteiger partial charge in [0.2, 0.25) is 0 Å². The topological polar surface area (TPSA) is 20.2 Å². The highest BCUT2D eigenvalue weighted by molar-refractivity contribution is 5.28. The maximum absolute atomic E-state index is 10.2. The molecule has 158 valence electrons. The maximum Gasteiger partial charge on any atom is 0.0543 e. The lowest BCUT2D eigenvalue weighted by Crippen LogP contribution is -2.49. The summed E-state index contributed by atoms with van der Waals surface area (Å²) in [6.45, 7) is 12.3. The largest absolute Gasteiger partial charge is 0.393 e. The number of hydrogen-bond acceptors (Lipinski definition) is 1. The molecule has 4 aliphatic rings. The average Bonchev–Trinajstić information content (AvgIpc) is 2.99. The lowest BCUT2D eigenvalue weighted by atomic mass is 9.47. The highest BCUT2D eigenvalue weighted by atomic mass is 16.3. The van der Waals surface area contributed by atoms with Crippen LogP contribution in [-0.4, -0.2) is 11.2 Å². The van der Waals surface area contributed by atoms with Gasteiger partial charge in [0.05, 0.1) is 6.10 Å². The maximum atomic E-state index is 10.2. The molecule has 0 heterocycles. The Hall–Kier alpha value is -0.560. The second-order valence-corrected chi connectivity index (χ2v) is 11.8. The van der Waals surface area contributed by atoms with Gasteiger partial charge in [-0.15, -0.1) is 0 Å². The van der Waals surface area contributed by atoms with Crippen LogP contribution < -0.4 is 0 Å². The average molecular weight is 385 g/mol. The van der Waals surface area contributed by atoms with Gasteiger partial charge in [-0.2, -0.15) is 0 Å². The van der Waals surface area contributed by atoms with E-state index in [1.54, 1.807) is 0 Å². The highest BCUT2D eigenvalue weighted by Gasteiger charge is 2.57. The summed E-state index contributed by atoms with van der Waals surface area (Å²) >= 11 is 0. The van der Waals surface area contributed by atoms with Crippen LogP contribution >= 0.6 is 0 Å². The number of fused-ring (bicyclic) bond motifs is 5. The Bertz CT molecular complexity index is 630. The normalized spacial score (nSPS) is 46.8. The zero-order valence-corrected chi connectivity index (χ0v) is 19.1. The first-order valence-electron chi connectivity index (χ1n) is 12.3. The molecular weight excluding hydrogens is 340 g/mol. The van der Waals surface area contributed by atoms with Gasteiger partial charge >= 0.3 is 0 Å². The molecule has 0 aromatic rings. The van der Waals surface area contributed by atoms with Crippen LogP contribution in [0.4, 0.5) is 0 Å². The lowest BCUT2D eigenvalue weighted by Gasteiger charge is -2.57. The summed E-state index contributed by atoms with van der Waals surface area (Å²) in [6, 6.07) is 0. The molecule has 8 atom stereocenters. The first kappa shape index (κ1) is 20.7. The Morgan fingerprint density at radius 2 is 1.75 bits per heavy atom. The summed E-state index contributed by atoms with van der Waals surface area (Å²) in [6.07, 6.45) is 19.0. The summed E-state index contributed by atoms with van der Waals surface area (Å²) in [4.78, 5) is 0. The van der Waals surface area contributed by atoms with E-state index in [1.807, 2.05) is 5.57 Å². The molecule has 0 aromatic carbocycles. The molecular formula is C27H44O. The van der Waals surface area contributed by atoms with Crippen molar-refractivity contribution in [2.75, 3.05) is 0 Å². The fourth-order valence-corrected chi connectivity index (χ4v) is 8.09. The van der Waals surface area contributed by atoms with Gasteiger partial charge in [-0.25, -0.2) is 0 Å². The van der Waals surface area contributed by atoms with E-state index in [1.165, 1.54) is 44.9 Å². The SMILES string of the molecule is CC(C)C/C=C/[C@H](C)[C@@H]1CC[C@H]2C3=CC[C@H]4C[C@H](O)CC[C@@]4(C)[C@@H]3CC[C@]21C. The van der Waals surface area contributed by atoms with Gasteiger partial charge in [0, 0.05) is 0 Å². The lowest BCUT2D eigenvalue weighted by molar-refractivity contribution is -0.0414. The third-order valence-electron chi connectivity index (χ3n) is 9.81. The molecule has 28 heavy (non-hydrogen) atoms. The third kappa shape index (κ3) is 3.34. The molecule has 0 bridgehead atoms. The molecule has 0 spiro atoms. The molecule has 0 radical (unpaired) electrons.